The zero-order valence-electron chi connectivity index (χ0n) is 16.9. The Bertz CT molecular complexity index is 1240. The lowest BCUT2D eigenvalue weighted by molar-refractivity contribution is 0.781. The van der Waals surface area contributed by atoms with E-state index >= 15 is 0 Å². The van der Waals surface area contributed by atoms with E-state index in [9.17, 15) is 0 Å². The normalized spacial score (nSPS) is 15.6. The summed E-state index contributed by atoms with van der Waals surface area (Å²) in [5, 5.41) is 3.62. The van der Waals surface area contributed by atoms with Crippen molar-refractivity contribution in [3.8, 4) is 11.1 Å². The van der Waals surface area contributed by atoms with Gasteiger partial charge in [-0.3, -0.25) is 0 Å². The van der Waals surface area contributed by atoms with Gasteiger partial charge in [-0.2, -0.15) is 0 Å². The number of halogens is 1. The number of benzene rings is 4. The fraction of sp³-hybridized carbons (Fsp3) is 0.0357. The van der Waals surface area contributed by atoms with E-state index in [2.05, 4.69) is 100 Å². The largest absolute Gasteiger partial charge is 0.359 e. The van der Waals surface area contributed by atoms with Gasteiger partial charge in [0.2, 0.25) is 0 Å². The molecule has 0 saturated carbocycles. The van der Waals surface area contributed by atoms with Crippen LogP contribution in [0.4, 0.5) is 0 Å². The number of aliphatic imine (C=N–C) groups is 1. The predicted molar refractivity (Wildman–Crippen MR) is 133 cm³/mol. The minimum Gasteiger partial charge on any atom is -0.359 e. The Hall–Kier alpha value is -3.43. The first-order valence-electron chi connectivity index (χ1n) is 10.3. The molecule has 4 aromatic rings. The fourth-order valence-electron chi connectivity index (χ4n) is 3.78. The van der Waals surface area contributed by atoms with Crippen LogP contribution >= 0.6 is 15.9 Å². The molecule has 0 spiro atoms. The van der Waals surface area contributed by atoms with E-state index in [1.54, 1.807) is 0 Å². The van der Waals surface area contributed by atoms with Crippen LogP contribution in [0.3, 0.4) is 0 Å². The third-order valence-electron chi connectivity index (χ3n) is 5.39. The van der Waals surface area contributed by atoms with E-state index in [1.165, 1.54) is 16.7 Å². The fourth-order valence-corrected chi connectivity index (χ4v) is 4.18. The molecule has 0 radical (unpaired) electrons. The summed E-state index contributed by atoms with van der Waals surface area (Å²) < 4.78 is 1.05. The molecule has 1 N–H and O–H groups in total. The average Bonchev–Trinajstić information content (AvgIpc) is 2.85. The molecule has 3 heteroatoms. The van der Waals surface area contributed by atoms with E-state index < -0.39 is 0 Å². The highest BCUT2D eigenvalue weighted by Gasteiger charge is 2.19. The average molecular weight is 465 g/mol. The van der Waals surface area contributed by atoms with Crippen molar-refractivity contribution in [2.75, 3.05) is 0 Å². The summed E-state index contributed by atoms with van der Waals surface area (Å²) in [6.07, 6.45) is 2.20. The van der Waals surface area contributed by atoms with Crippen LogP contribution in [0.2, 0.25) is 0 Å². The maximum atomic E-state index is 4.95. The van der Waals surface area contributed by atoms with Crippen molar-refractivity contribution in [2.45, 2.75) is 6.04 Å². The zero-order chi connectivity index (χ0) is 21.0. The van der Waals surface area contributed by atoms with Crippen LogP contribution in [0, 0.1) is 0 Å². The van der Waals surface area contributed by atoms with Crippen molar-refractivity contribution in [1.82, 2.24) is 5.32 Å². The molecule has 2 nitrogen and oxygen atoms in total. The summed E-state index contributed by atoms with van der Waals surface area (Å²) in [5.41, 5.74) is 6.78. The molecule has 1 heterocycles. The van der Waals surface area contributed by atoms with Gasteiger partial charge in [-0.15, -0.1) is 0 Å². The third-order valence-corrected chi connectivity index (χ3v) is 5.89. The Labute approximate surface area is 191 Å². The highest BCUT2D eigenvalue weighted by atomic mass is 79.9. The van der Waals surface area contributed by atoms with Crippen LogP contribution in [0.15, 0.2) is 125 Å². The van der Waals surface area contributed by atoms with E-state index in [4.69, 9.17) is 4.99 Å². The summed E-state index contributed by atoms with van der Waals surface area (Å²) in [6.45, 7) is 0. The molecule has 0 fully saturated rings. The molecule has 5 rings (SSSR count). The topological polar surface area (TPSA) is 24.4 Å². The number of amidine groups is 1. The lowest BCUT2D eigenvalue weighted by atomic mass is 9.97. The standard InChI is InChI=1S/C28H21BrN2/c29-25-13-7-12-24(18-25)27-19-26(30-28(31-27)23-10-5-2-6-11-23)22-16-14-21(15-17-22)20-8-3-1-4-9-20/h1-19,26H,(H,30,31). The van der Waals surface area contributed by atoms with Gasteiger partial charge in [0.25, 0.3) is 0 Å². The Morgan fingerprint density at radius 1 is 0.613 bits per heavy atom. The SMILES string of the molecule is Brc1cccc(C2=CC(c3ccc(-c4ccccc4)cc3)NC(c3ccccc3)=N2)c1. The quantitative estimate of drug-likeness (QED) is 0.337. The Morgan fingerprint density at radius 2 is 1.23 bits per heavy atom. The molecule has 0 saturated heterocycles. The van der Waals surface area contributed by atoms with Gasteiger partial charge in [-0.25, -0.2) is 4.99 Å². The van der Waals surface area contributed by atoms with Crippen LogP contribution in [0.5, 0.6) is 0 Å². The Balaban J connectivity index is 1.53. The van der Waals surface area contributed by atoms with Gasteiger partial charge in [0.1, 0.15) is 5.84 Å². The van der Waals surface area contributed by atoms with Gasteiger partial charge < -0.3 is 5.32 Å². The van der Waals surface area contributed by atoms with Gasteiger partial charge in [0, 0.05) is 15.6 Å². The maximum absolute atomic E-state index is 4.95. The molecule has 150 valence electrons. The highest BCUT2D eigenvalue weighted by Crippen LogP contribution is 2.30. The number of hydrogen-bond donors (Lipinski definition) is 1. The minimum atomic E-state index is 0.0338. The third kappa shape index (κ3) is 4.37. The molecule has 1 atom stereocenters. The maximum Gasteiger partial charge on any atom is 0.134 e. The van der Waals surface area contributed by atoms with Gasteiger partial charge in [0.15, 0.2) is 0 Å². The van der Waals surface area contributed by atoms with E-state index in [0.29, 0.717) is 0 Å². The first-order chi connectivity index (χ1) is 15.3. The van der Waals surface area contributed by atoms with Gasteiger partial charge in [-0.1, -0.05) is 113 Å². The minimum absolute atomic E-state index is 0.0338. The lowest BCUT2D eigenvalue weighted by Gasteiger charge is -2.24. The van der Waals surface area contributed by atoms with Gasteiger partial charge in [-0.05, 0) is 34.9 Å². The first kappa shape index (κ1) is 19.5. The van der Waals surface area contributed by atoms with Crippen molar-refractivity contribution in [3.63, 3.8) is 0 Å². The van der Waals surface area contributed by atoms with E-state index in [1.807, 2.05) is 36.4 Å². The molecule has 1 unspecified atom stereocenters. The Morgan fingerprint density at radius 3 is 1.90 bits per heavy atom. The molecular weight excluding hydrogens is 444 g/mol. The van der Waals surface area contributed by atoms with Crippen LogP contribution in [-0.2, 0) is 0 Å². The van der Waals surface area contributed by atoms with E-state index in [-0.39, 0.29) is 6.04 Å². The summed E-state index contributed by atoms with van der Waals surface area (Å²) in [5.74, 6) is 0.884. The summed E-state index contributed by atoms with van der Waals surface area (Å²) in [6, 6.07) is 37.8. The number of rotatable bonds is 4. The highest BCUT2D eigenvalue weighted by molar-refractivity contribution is 9.10. The van der Waals surface area contributed by atoms with Crippen molar-refractivity contribution in [1.29, 1.82) is 0 Å². The predicted octanol–water partition coefficient (Wildman–Crippen LogP) is 7.25. The van der Waals surface area contributed by atoms with Crippen molar-refractivity contribution in [2.24, 2.45) is 4.99 Å². The molecule has 1 aliphatic heterocycles. The summed E-state index contributed by atoms with van der Waals surface area (Å²) in [4.78, 5) is 4.95. The first-order valence-corrected chi connectivity index (χ1v) is 11.1. The monoisotopic (exact) mass is 464 g/mol. The lowest BCUT2D eigenvalue weighted by Crippen LogP contribution is -2.31. The number of nitrogens with zero attached hydrogens (tertiary/aromatic N) is 1. The summed E-state index contributed by atoms with van der Waals surface area (Å²) in [7, 11) is 0. The smallest absolute Gasteiger partial charge is 0.134 e. The van der Waals surface area contributed by atoms with Gasteiger partial charge in [0.05, 0.1) is 11.7 Å². The molecule has 31 heavy (non-hydrogen) atoms. The van der Waals surface area contributed by atoms with Crippen molar-refractivity contribution < 1.29 is 0 Å². The van der Waals surface area contributed by atoms with Crippen LogP contribution in [0.1, 0.15) is 22.7 Å². The van der Waals surface area contributed by atoms with Crippen molar-refractivity contribution in [3.05, 3.63) is 136 Å². The molecular formula is C28H21BrN2. The summed E-state index contributed by atoms with van der Waals surface area (Å²) >= 11 is 3.59. The second-order valence-corrected chi connectivity index (χ2v) is 8.41. The molecule has 4 aromatic carbocycles. The van der Waals surface area contributed by atoms with Crippen LogP contribution in [-0.4, -0.2) is 5.84 Å². The molecule has 0 amide bonds. The molecule has 0 aromatic heterocycles. The number of hydrogen-bond acceptors (Lipinski definition) is 2. The van der Waals surface area contributed by atoms with Crippen LogP contribution in [0.25, 0.3) is 16.8 Å². The molecule has 0 bridgehead atoms. The van der Waals surface area contributed by atoms with Gasteiger partial charge >= 0.3 is 0 Å². The Kier molecular flexibility index (Phi) is 5.51. The second kappa shape index (κ2) is 8.75. The zero-order valence-corrected chi connectivity index (χ0v) is 18.5. The van der Waals surface area contributed by atoms with E-state index in [0.717, 1.165) is 27.1 Å². The van der Waals surface area contributed by atoms with Crippen molar-refractivity contribution >= 4 is 27.5 Å². The van der Waals surface area contributed by atoms with Crippen LogP contribution < -0.4 is 5.32 Å². The number of nitrogens with one attached hydrogen (secondary N) is 1. The second-order valence-electron chi connectivity index (χ2n) is 7.50. The molecule has 1 aliphatic rings. The molecule has 0 aliphatic carbocycles.